The van der Waals surface area contributed by atoms with Crippen LogP contribution in [-0.2, 0) is 0 Å². The quantitative estimate of drug-likeness (QED) is 0.711. The molecule has 6 heteroatoms. The monoisotopic (exact) mass is 344 g/mol. The lowest BCUT2D eigenvalue weighted by molar-refractivity contribution is 0.387. The summed E-state index contributed by atoms with van der Waals surface area (Å²) in [6.45, 7) is 3.82. The third-order valence-electron chi connectivity index (χ3n) is 4.97. The van der Waals surface area contributed by atoms with Gasteiger partial charge in [-0.3, -0.25) is 5.10 Å². The van der Waals surface area contributed by atoms with Crippen LogP contribution in [0.3, 0.4) is 0 Å². The van der Waals surface area contributed by atoms with Gasteiger partial charge in [-0.25, -0.2) is 4.99 Å². The number of piperazine rings is 1. The highest BCUT2D eigenvalue weighted by Gasteiger charge is 2.26. The second kappa shape index (κ2) is 6.22. The van der Waals surface area contributed by atoms with Crippen LogP contribution in [0.2, 0.25) is 0 Å². The van der Waals surface area contributed by atoms with E-state index in [1.54, 1.807) is 0 Å². The van der Waals surface area contributed by atoms with Gasteiger partial charge in [-0.2, -0.15) is 5.10 Å². The molecule has 0 aliphatic carbocycles. The maximum atomic E-state index is 4.98. The van der Waals surface area contributed by atoms with Gasteiger partial charge in [0.25, 0.3) is 0 Å². The number of rotatable bonds is 1. The molecule has 130 valence electrons. The molecule has 2 aliphatic rings. The van der Waals surface area contributed by atoms with Crippen LogP contribution in [0.1, 0.15) is 5.56 Å². The lowest BCUT2D eigenvalue weighted by atomic mass is 10.2. The summed E-state index contributed by atoms with van der Waals surface area (Å²) in [5, 5.41) is 10.7. The summed E-state index contributed by atoms with van der Waals surface area (Å²) < 4.78 is 0. The van der Waals surface area contributed by atoms with Crippen LogP contribution in [0.5, 0.6) is 0 Å². The standard InChI is InChI=1S/C20H20N6/c1-2-6-15(7-3-1)25-10-12-26(13-11-25)20-16-14-21-24-19(16)22-17-8-4-5-9-18(17)23-20/h1-9,14H,10-13H2,(H2,21,22,24). The summed E-state index contributed by atoms with van der Waals surface area (Å²) in [4.78, 5) is 9.76. The molecule has 1 fully saturated rings. The van der Waals surface area contributed by atoms with Crippen molar-refractivity contribution in [3.05, 3.63) is 66.4 Å². The summed E-state index contributed by atoms with van der Waals surface area (Å²) in [5.41, 5.74) is 4.26. The third-order valence-corrected chi connectivity index (χ3v) is 4.97. The molecule has 2 N–H and O–H groups in total. The van der Waals surface area contributed by atoms with Gasteiger partial charge in [-0.05, 0) is 24.3 Å². The topological polar surface area (TPSA) is 59.5 Å². The van der Waals surface area contributed by atoms with Gasteiger partial charge in [-0.15, -0.1) is 0 Å². The molecule has 2 aromatic carbocycles. The summed E-state index contributed by atoms with van der Waals surface area (Å²) in [6.07, 6.45) is 1.86. The highest BCUT2D eigenvalue weighted by molar-refractivity contribution is 6.06. The molecule has 0 amide bonds. The SMILES string of the molecule is c1ccc(N2CCN(C3=Nc4ccccc4Nc4[nH]ncc43)CC2)cc1. The Balaban J connectivity index is 1.44. The number of nitrogens with zero attached hydrogens (tertiary/aromatic N) is 4. The number of H-pyrrole nitrogens is 1. The predicted octanol–water partition coefficient (Wildman–Crippen LogP) is 3.37. The van der Waals surface area contributed by atoms with Crippen LogP contribution in [0.4, 0.5) is 22.9 Å². The summed E-state index contributed by atoms with van der Waals surface area (Å²) in [5.74, 6) is 1.89. The van der Waals surface area contributed by atoms with Crippen LogP contribution in [-0.4, -0.2) is 47.1 Å². The van der Waals surface area contributed by atoms with E-state index in [1.807, 2.05) is 30.5 Å². The van der Waals surface area contributed by atoms with Crippen molar-refractivity contribution < 1.29 is 0 Å². The lowest BCUT2D eigenvalue weighted by Gasteiger charge is -2.37. The molecule has 1 saturated heterocycles. The van der Waals surface area contributed by atoms with Gasteiger partial charge in [0.15, 0.2) is 0 Å². The van der Waals surface area contributed by atoms with Gasteiger partial charge in [0.05, 0.1) is 23.1 Å². The average Bonchev–Trinajstić information content (AvgIpc) is 3.10. The minimum absolute atomic E-state index is 0.902. The number of hydrogen-bond donors (Lipinski definition) is 2. The molecule has 0 radical (unpaired) electrons. The van der Waals surface area contributed by atoms with E-state index in [1.165, 1.54) is 5.69 Å². The highest BCUT2D eigenvalue weighted by Crippen LogP contribution is 2.33. The molecule has 2 aliphatic heterocycles. The zero-order valence-electron chi connectivity index (χ0n) is 14.4. The van der Waals surface area contributed by atoms with Gasteiger partial charge < -0.3 is 15.1 Å². The Hall–Kier alpha value is -3.28. The molecule has 0 spiro atoms. The third kappa shape index (κ3) is 2.60. The van der Waals surface area contributed by atoms with Gasteiger partial charge >= 0.3 is 0 Å². The Morgan fingerprint density at radius 2 is 1.54 bits per heavy atom. The number of nitrogens with one attached hydrogen (secondary N) is 2. The predicted molar refractivity (Wildman–Crippen MR) is 105 cm³/mol. The number of aliphatic imine (C=N–C) groups is 1. The molecule has 26 heavy (non-hydrogen) atoms. The van der Waals surface area contributed by atoms with Gasteiger partial charge in [0.2, 0.25) is 0 Å². The summed E-state index contributed by atoms with van der Waals surface area (Å²) in [6, 6.07) is 18.7. The van der Waals surface area contributed by atoms with Crippen molar-refractivity contribution in [2.45, 2.75) is 0 Å². The maximum Gasteiger partial charge on any atom is 0.142 e. The van der Waals surface area contributed by atoms with Crippen molar-refractivity contribution in [1.29, 1.82) is 0 Å². The Morgan fingerprint density at radius 3 is 2.38 bits per heavy atom. The van der Waals surface area contributed by atoms with Crippen LogP contribution in [0.25, 0.3) is 0 Å². The Labute approximate surface area is 152 Å². The number of benzene rings is 2. The molecule has 6 nitrogen and oxygen atoms in total. The summed E-state index contributed by atoms with van der Waals surface area (Å²) in [7, 11) is 0. The molecule has 0 bridgehead atoms. The van der Waals surface area contributed by atoms with Crippen LogP contribution < -0.4 is 10.2 Å². The van der Waals surface area contributed by atoms with E-state index >= 15 is 0 Å². The molecule has 0 atom stereocenters. The van der Waals surface area contributed by atoms with E-state index in [2.05, 4.69) is 55.6 Å². The molecular weight excluding hydrogens is 324 g/mol. The van der Waals surface area contributed by atoms with Crippen LogP contribution in [0, 0.1) is 0 Å². The second-order valence-electron chi connectivity index (χ2n) is 6.55. The number of hydrogen-bond acceptors (Lipinski definition) is 5. The Bertz CT molecular complexity index is 938. The van der Waals surface area contributed by atoms with Crippen molar-refractivity contribution in [2.75, 3.05) is 36.4 Å². The Morgan fingerprint density at radius 1 is 0.808 bits per heavy atom. The van der Waals surface area contributed by atoms with Crippen molar-refractivity contribution in [3.63, 3.8) is 0 Å². The number of fused-ring (bicyclic) bond motifs is 2. The molecule has 0 saturated carbocycles. The lowest BCUT2D eigenvalue weighted by Crippen LogP contribution is -2.49. The van der Waals surface area contributed by atoms with E-state index in [0.717, 1.165) is 54.8 Å². The minimum Gasteiger partial charge on any atom is -0.368 e. The zero-order chi connectivity index (χ0) is 17.3. The Kier molecular flexibility index (Phi) is 3.59. The van der Waals surface area contributed by atoms with E-state index in [4.69, 9.17) is 4.99 Å². The number of aromatic nitrogens is 2. The first-order chi connectivity index (χ1) is 12.9. The molecule has 3 aromatic rings. The molecule has 1 aromatic heterocycles. The smallest absolute Gasteiger partial charge is 0.142 e. The van der Waals surface area contributed by atoms with Gasteiger partial charge in [-0.1, -0.05) is 30.3 Å². The summed E-state index contributed by atoms with van der Waals surface area (Å²) >= 11 is 0. The second-order valence-corrected chi connectivity index (χ2v) is 6.55. The highest BCUT2D eigenvalue weighted by atomic mass is 15.3. The molecule has 0 unspecified atom stereocenters. The fourth-order valence-electron chi connectivity index (χ4n) is 3.59. The van der Waals surface area contributed by atoms with Gasteiger partial charge in [0, 0.05) is 31.9 Å². The largest absolute Gasteiger partial charge is 0.368 e. The van der Waals surface area contributed by atoms with Crippen molar-refractivity contribution in [1.82, 2.24) is 15.1 Å². The zero-order valence-corrected chi connectivity index (χ0v) is 14.4. The molecule has 5 rings (SSSR count). The number of para-hydroxylation sites is 3. The number of aromatic amines is 1. The number of anilines is 3. The fourth-order valence-corrected chi connectivity index (χ4v) is 3.59. The molecular formula is C20H20N6. The van der Waals surface area contributed by atoms with Crippen molar-refractivity contribution in [3.8, 4) is 0 Å². The first-order valence-corrected chi connectivity index (χ1v) is 8.92. The fraction of sp³-hybridized carbons (Fsp3) is 0.200. The number of amidine groups is 1. The van der Waals surface area contributed by atoms with Crippen molar-refractivity contribution >= 4 is 28.7 Å². The van der Waals surface area contributed by atoms with Crippen LogP contribution in [0.15, 0.2) is 65.8 Å². The first kappa shape index (κ1) is 15.0. The van der Waals surface area contributed by atoms with E-state index in [9.17, 15) is 0 Å². The first-order valence-electron chi connectivity index (χ1n) is 8.92. The van der Waals surface area contributed by atoms with Gasteiger partial charge in [0.1, 0.15) is 11.7 Å². The normalized spacial score (nSPS) is 16.2. The van der Waals surface area contributed by atoms with E-state index in [-0.39, 0.29) is 0 Å². The maximum absolute atomic E-state index is 4.98. The van der Waals surface area contributed by atoms with E-state index < -0.39 is 0 Å². The molecule has 3 heterocycles. The van der Waals surface area contributed by atoms with Crippen molar-refractivity contribution in [2.24, 2.45) is 4.99 Å². The van der Waals surface area contributed by atoms with E-state index in [0.29, 0.717) is 0 Å². The minimum atomic E-state index is 0.902. The average molecular weight is 344 g/mol. The van der Waals surface area contributed by atoms with Crippen LogP contribution >= 0.6 is 0 Å².